The lowest BCUT2D eigenvalue weighted by Crippen LogP contribution is -2.30. The van der Waals surface area contributed by atoms with E-state index in [2.05, 4.69) is 118 Å². The van der Waals surface area contributed by atoms with Crippen molar-refractivity contribution in [3.63, 3.8) is 0 Å². The first kappa shape index (κ1) is 58.1. The largest absolute Gasteiger partial charge is 0.462 e. The van der Waals surface area contributed by atoms with Crippen molar-refractivity contribution in [1.29, 1.82) is 0 Å². The summed E-state index contributed by atoms with van der Waals surface area (Å²) in [6, 6.07) is 0. The minimum Gasteiger partial charge on any atom is -0.462 e. The number of esters is 3. The topological polar surface area (TPSA) is 78.9 Å². The van der Waals surface area contributed by atoms with Gasteiger partial charge in [0, 0.05) is 19.3 Å². The van der Waals surface area contributed by atoms with E-state index in [0.717, 1.165) is 103 Å². The van der Waals surface area contributed by atoms with Crippen LogP contribution < -0.4 is 0 Å². The van der Waals surface area contributed by atoms with Crippen LogP contribution in [0.3, 0.4) is 0 Å². The molecule has 0 N–H and O–H groups in total. The van der Waals surface area contributed by atoms with Gasteiger partial charge in [0.1, 0.15) is 13.2 Å². The van der Waals surface area contributed by atoms with Crippen LogP contribution in [0.25, 0.3) is 0 Å². The normalized spacial score (nSPS) is 13.0. The van der Waals surface area contributed by atoms with Crippen molar-refractivity contribution in [3.05, 3.63) is 109 Å². The zero-order valence-corrected chi connectivity index (χ0v) is 39.8. The predicted octanol–water partition coefficient (Wildman–Crippen LogP) is 16.4. The summed E-state index contributed by atoms with van der Waals surface area (Å²) in [6.07, 6.45) is 66.5. The van der Waals surface area contributed by atoms with Gasteiger partial charge < -0.3 is 14.2 Å². The molecule has 0 heterocycles. The number of unbranched alkanes of at least 4 members (excludes halogenated alkanes) is 19. The highest BCUT2D eigenvalue weighted by Gasteiger charge is 2.19. The van der Waals surface area contributed by atoms with Crippen molar-refractivity contribution in [3.8, 4) is 0 Å². The molecule has 0 spiro atoms. The maximum absolute atomic E-state index is 12.8. The van der Waals surface area contributed by atoms with E-state index < -0.39 is 6.10 Å². The monoisotopic (exact) mass is 859 g/mol. The van der Waals surface area contributed by atoms with Gasteiger partial charge in [-0.2, -0.15) is 0 Å². The van der Waals surface area contributed by atoms with Crippen LogP contribution in [0.5, 0.6) is 0 Å². The number of allylic oxidation sites excluding steroid dienone is 18. The molecule has 0 saturated heterocycles. The molecule has 0 bridgehead atoms. The predicted molar refractivity (Wildman–Crippen MR) is 265 cm³/mol. The lowest BCUT2D eigenvalue weighted by Gasteiger charge is -2.18. The van der Waals surface area contributed by atoms with E-state index in [4.69, 9.17) is 14.2 Å². The van der Waals surface area contributed by atoms with Crippen molar-refractivity contribution >= 4 is 17.9 Å². The van der Waals surface area contributed by atoms with Gasteiger partial charge in [-0.05, 0) is 83.5 Å². The summed E-state index contributed by atoms with van der Waals surface area (Å²) in [5.41, 5.74) is 0. The van der Waals surface area contributed by atoms with Crippen LogP contribution in [0.1, 0.15) is 207 Å². The molecular formula is C56H90O6. The quantitative estimate of drug-likeness (QED) is 0.0200. The number of ether oxygens (including phenoxy) is 3. The molecule has 0 aliphatic rings. The summed E-state index contributed by atoms with van der Waals surface area (Å²) in [5.74, 6) is -1.04. The Bertz CT molecular complexity index is 1310. The van der Waals surface area contributed by atoms with Gasteiger partial charge in [0.05, 0.1) is 0 Å². The van der Waals surface area contributed by atoms with Gasteiger partial charge in [0.2, 0.25) is 0 Å². The van der Waals surface area contributed by atoms with Gasteiger partial charge in [0.25, 0.3) is 0 Å². The third-order valence-corrected chi connectivity index (χ3v) is 10.2. The minimum absolute atomic E-state index is 0.118. The van der Waals surface area contributed by atoms with E-state index >= 15 is 0 Å². The third-order valence-electron chi connectivity index (χ3n) is 10.2. The Hall–Kier alpha value is -3.93. The molecule has 0 rings (SSSR count). The van der Waals surface area contributed by atoms with E-state index in [1.165, 1.54) is 57.8 Å². The van der Waals surface area contributed by atoms with Crippen molar-refractivity contribution in [2.24, 2.45) is 0 Å². The maximum Gasteiger partial charge on any atom is 0.306 e. The SMILES string of the molecule is CC/C=C/C=C/C=C/CCCCCCCC(=O)OC(COC(=O)CC/C=C/C/C=C/CCCCCCCC)COC(=O)CCCCCCC/C=C/C=C/C=C/C=C/CCCCC. The average Bonchev–Trinajstić information content (AvgIpc) is 3.27. The molecule has 6 nitrogen and oxygen atoms in total. The highest BCUT2D eigenvalue weighted by molar-refractivity contribution is 5.71. The average molecular weight is 859 g/mol. The van der Waals surface area contributed by atoms with Crippen LogP contribution >= 0.6 is 0 Å². The van der Waals surface area contributed by atoms with E-state index in [-0.39, 0.29) is 44.0 Å². The fourth-order valence-corrected chi connectivity index (χ4v) is 6.39. The molecular weight excluding hydrogens is 769 g/mol. The van der Waals surface area contributed by atoms with Crippen LogP contribution in [0.2, 0.25) is 0 Å². The summed E-state index contributed by atoms with van der Waals surface area (Å²) in [4.78, 5) is 37.9. The smallest absolute Gasteiger partial charge is 0.306 e. The second-order valence-corrected chi connectivity index (χ2v) is 16.1. The number of hydrogen-bond donors (Lipinski definition) is 0. The maximum atomic E-state index is 12.8. The van der Waals surface area contributed by atoms with Crippen molar-refractivity contribution < 1.29 is 28.6 Å². The highest BCUT2D eigenvalue weighted by atomic mass is 16.6. The molecule has 0 aromatic carbocycles. The molecule has 0 amide bonds. The van der Waals surface area contributed by atoms with Crippen LogP contribution in [0.15, 0.2) is 109 Å². The Kier molecular flexibility index (Phi) is 46.6. The van der Waals surface area contributed by atoms with Gasteiger partial charge in [-0.25, -0.2) is 0 Å². The first-order valence-corrected chi connectivity index (χ1v) is 25.0. The Labute approximate surface area is 380 Å². The lowest BCUT2D eigenvalue weighted by molar-refractivity contribution is -0.166. The van der Waals surface area contributed by atoms with Gasteiger partial charge in [0.15, 0.2) is 6.10 Å². The number of carbonyl (C=O) groups is 3. The number of rotatable bonds is 43. The molecule has 62 heavy (non-hydrogen) atoms. The van der Waals surface area contributed by atoms with E-state index in [9.17, 15) is 14.4 Å². The summed E-state index contributed by atoms with van der Waals surface area (Å²) < 4.78 is 16.7. The van der Waals surface area contributed by atoms with Gasteiger partial charge >= 0.3 is 17.9 Å². The lowest BCUT2D eigenvalue weighted by atomic mass is 10.1. The van der Waals surface area contributed by atoms with E-state index in [0.29, 0.717) is 12.8 Å². The number of hydrogen-bond acceptors (Lipinski definition) is 6. The molecule has 0 aliphatic heterocycles. The molecule has 6 heteroatoms. The first-order chi connectivity index (χ1) is 30.5. The molecule has 0 aromatic heterocycles. The van der Waals surface area contributed by atoms with E-state index in [1.54, 1.807) is 0 Å². The molecule has 0 aliphatic carbocycles. The molecule has 0 radical (unpaired) electrons. The molecule has 1 unspecified atom stereocenters. The van der Waals surface area contributed by atoms with Gasteiger partial charge in [-0.15, -0.1) is 0 Å². The fraction of sp³-hybridized carbons (Fsp3) is 0.625. The molecule has 1 atom stereocenters. The standard InChI is InChI=1S/C56H90O6/c1-4-7-10-13-16-19-22-25-26-27-28-29-32-34-37-40-43-46-49-55(58)61-52-53(62-56(59)50-47-44-41-38-35-31-24-21-18-15-12-9-6-3)51-60-54(57)48-45-42-39-36-33-30-23-20-17-14-11-8-5-2/h9,12,15-16,18-19,21-22,24-30,33,39,42,53H,4-8,10-11,13-14,17,20,23,31-32,34-38,40-41,43-52H2,1-3H3/b12-9+,18-15+,19-16+,24-21+,25-22+,27-26+,29-28+,33-30+,42-39+. The summed E-state index contributed by atoms with van der Waals surface area (Å²) in [5, 5.41) is 0. The Morgan fingerprint density at radius 3 is 1.24 bits per heavy atom. The van der Waals surface area contributed by atoms with Gasteiger partial charge in [-0.3, -0.25) is 14.4 Å². The Morgan fingerprint density at radius 1 is 0.355 bits per heavy atom. The van der Waals surface area contributed by atoms with Crippen molar-refractivity contribution in [2.45, 2.75) is 213 Å². The zero-order chi connectivity index (χ0) is 45.1. The van der Waals surface area contributed by atoms with Crippen LogP contribution in [0.4, 0.5) is 0 Å². The fourth-order valence-electron chi connectivity index (χ4n) is 6.39. The summed E-state index contributed by atoms with van der Waals surface area (Å²) >= 11 is 0. The molecule has 0 saturated carbocycles. The molecule has 0 fully saturated rings. The second kappa shape index (κ2) is 49.7. The van der Waals surface area contributed by atoms with Crippen LogP contribution in [0, 0.1) is 0 Å². The first-order valence-electron chi connectivity index (χ1n) is 25.0. The third kappa shape index (κ3) is 47.1. The van der Waals surface area contributed by atoms with Crippen molar-refractivity contribution in [1.82, 2.24) is 0 Å². The molecule has 0 aromatic rings. The Morgan fingerprint density at radius 2 is 0.726 bits per heavy atom. The zero-order valence-electron chi connectivity index (χ0n) is 39.8. The van der Waals surface area contributed by atoms with E-state index in [1.807, 2.05) is 12.2 Å². The second-order valence-electron chi connectivity index (χ2n) is 16.1. The summed E-state index contributed by atoms with van der Waals surface area (Å²) in [6.45, 7) is 6.35. The van der Waals surface area contributed by atoms with Crippen molar-refractivity contribution in [2.75, 3.05) is 13.2 Å². The highest BCUT2D eigenvalue weighted by Crippen LogP contribution is 2.12. The minimum atomic E-state index is -0.822. The number of carbonyl (C=O) groups excluding carboxylic acids is 3. The summed E-state index contributed by atoms with van der Waals surface area (Å²) in [7, 11) is 0. The van der Waals surface area contributed by atoms with Crippen LogP contribution in [-0.2, 0) is 28.6 Å². The Balaban J connectivity index is 4.53. The van der Waals surface area contributed by atoms with Crippen LogP contribution in [-0.4, -0.2) is 37.2 Å². The molecule has 350 valence electrons. The van der Waals surface area contributed by atoms with Gasteiger partial charge in [-0.1, -0.05) is 214 Å².